The van der Waals surface area contributed by atoms with E-state index in [4.69, 9.17) is 20.8 Å². The molecule has 0 saturated carbocycles. The van der Waals surface area contributed by atoms with Crippen molar-refractivity contribution in [3.05, 3.63) is 85.2 Å². The van der Waals surface area contributed by atoms with Crippen molar-refractivity contribution in [1.82, 2.24) is 4.98 Å². The zero-order valence-electron chi connectivity index (χ0n) is 20.0. The van der Waals surface area contributed by atoms with Crippen molar-refractivity contribution in [3.8, 4) is 5.75 Å². The second-order valence-electron chi connectivity index (χ2n) is 8.63. The molecule has 0 fully saturated rings. The third-order valence-corrected chi connectivity index (χ3v) is 7.58. The van der Waals surface area contributed by atoms with E-state index in [0.717, 1.165) is 24.2 Å². The molecule has 2 aromatic heterocycles. The standard InChI is InChI=1S/C27H23ClN2O5S/c1-4-5-11-34-18-8-6-7-16(12-18)22-21-23(32)19-13-17(28)9-10-20(19)35-24(21)26(33)30(22)27-29-14(2)25(36-27)15(3)31/h6-10,12-13,22H,4-5,11H2,1-3H3. The Labute approximate surface area is 216 Å². The molecule has 1 aliphatic rings. The summed E-state index contributed by atoms with van der Waals surface area (Å²) in [7, 11) is 0. The third kappa shape index (κ3) is 4.10. The molecule has 0 N–H and O–H groups in total. The van der Waals surface area contributed by atoms with Gasteiger partial charge in [-0.05, 0) is 49.2 Å². The number of benzene rings is 2. The summed E-state index contributed by atoms with van der Waals surface area (Å²) in [5.41, 5.74) is 1.33. The van der Waals surface area contributed by atoms with Gasteiger partial charge < -0.3 is 9.15 Å². The van der Waals surface area contributed by atoms with Crippen molar-refractivity contribution in [2.45, 2.75) is 39.7 Å². The number of Topliss-reactive ketones (excluding diaryl/α,β-unsaturated/α-hetero) is 1. The van der Waals surface area contributed by atoms with Gasteiger partial charge in [0.1, 0.15) is 11.3 Å². The Balaban J connectivity index is 1.73. The van der Waals surface area contributed by atoms with Crippen LogP contribution in [-0.4, -0.2) is 23.3 Å². The lowest BCUT2D eigenvalue weighted by Crippen LogP contribution is -2.29. The summed E-state index contributed by atoms with van der Waals surface area (Å²) in [5, 5.41) is 0.995. The molecule has 0 spiro atoms. The summed E-state index contributed by atoms with van der Waals surface area (Å²) < 4.78 is 11.9. The molecule has 2 aromatic carbocycles. The topological polar surface area (TPSA) is 89.7 Å². The van der Waals surface area contributed by atoms with Crippen molar-refractivity contribution in [2.24, 2.45) is 0 Å². The van der Waals surface area contributed by atoms with Crippen molar-refractivity contribution in [1.29, 1.82) is 0 Å². The quantitative estimate of drug-likeness (QED) is 0.208. The predicted molar refractivity (Wildman–Crippen MR) is 140 cm³/mol. The fourth-order valence-electron chi connectivity index (χ4n) is 4.38. The van der Waals surface area contributed by atoms with Crippen LogP contribution >= 0.6 is 22.9 Å². The van der Waals surface area contributed by atoms with Gasteiger partial charge >= 0.3 is 0 Å². The first-order valence-electron chi connectivity index (χ1n) is 11.6. The molecule has 1 amide bonds. The molecule has 3 heterocycles. The summed E-state index contributed by atoms with van der Waals surface area (Å²) in [6.07, 6.45) is 1.90. The normalized spacial score (nSPS) is 14.9. The van der Waals surface area contributed by atoms with E-state index in [-0.39, 0.29) is 33.5 Å². The van der Waals surface area contributed by atoms with Crippen LogP contribution in [0.4, 0.5) is 5.13 Å². The highest BCUT2D eigenvalue weighted by molar-refractivity contribution is 7.17. The smallest absolute Gasteiger partial charge is 0.297 e. The minimum atomic E-state index is -0.813. The zero-order chi connectivity index (χ0) is 25.6. The molecular weight excluding hydrogens is 500 g/mol. The van der Waals surface area contributed by atoms with Crippen LogP contribution in [0.2, 0.25) is 5.02 Å². The van der Waals surface area contributed by atoms with Gasteiger partial charge in [-0.1, -0.05) is 48.4 Å². The number of aromatic nitrogens is 1. The van der Waals surface area contributed by atoms with Crippen molar-refractivity contribution >= 4 is 50.7 Å². The van der Waals surface area contributed by atoms with Gasteiger partial charge in [0.25, 0.3) is 5.91 Å². The maximum Gasteiger partial charge on any atom is 0.297 e. The number of unbranched alkanes of at least 4 members (excludes halogenated alkanes) is 1. The predicted octanol–water partition coefficient (Wildman–Crippen LogP) is 6.34. The number of anilines is 1. The average molecular weight is 523 g/mol. The van der Waals surface area contributed by atoms with Crippen LogP contribution in [0, 0.1) is 6.92 Å². The van der Waals surface area contributed by atoms with Crippen LogP contribution in [0.15, 0.2) is 51.7 Å². The van der Waals surface area contributed by atoms with Crippen LogP contribution in [0.1, 0.15) is 69.8 Å². The number of aryl methyl sites for hydroxylation is 1. The fraction of sp³-hybridized carbons (Fsp3) is 0.259. The summed E-state index contributed by atoms with van der Waals surface area (Å²) >= 11 is 7.28. The molecule has 36 heavy (non-hydrogen) atoms. The van der Waals surface area contributed by atoms with Crippen molar-refractivity contribution in [3.63, 3.8) is 0 Å². The maximum absolute atomic E-state index is 13.8. The largest absolute Gasteiger partial charge is 0.494 e. The number of ether oxygens (including phenoxy) is 1. The van der Waals surface area contributed by atoms with Gasteiger partial charge in [0.2, 0.25) is 5.76 Å². The Bertz CT molecular complexity index is 1570. The highest BCUT2D eigenvalue weighted by Gasteiger charge is 2.45. The van der Waals surface area contributed by atoms with Crippen LogP contribution in [-0.2, 0) is 0 Å². The molecule has 1 aliphatic heterocycles. The lowest BCUT2D eigenvalue weighted by atomic mass is 9.98. The van der Waals surface area contributed by atoms with Gasteiger partial charge in [0.15, 0.2) is 16.3 Å². The number of fused-ring (bicyclic) bond motifs is 2. The minimum Gasteiger partial charge on any atom is -0.494 e. The number of hydrogen-bond acceptors (Lipinski definition) is 7. The molecule has 4 aromatic rings. The molecule has 0 saturated heterocycles. The summed E-state index contributed by atoms with van der Waals surface area (Å²) in [4.78, 5) is 46.1. The first-order chi connectivity index (χ1) is 17.3. The van der Waals surface area contributed by atoms with Gasteiger partial charge in [-0.3, -0.25) is 19.3 Å². The number of hydrogen-bond donors (Lipinski definition) is 0. The Hall–Kier alpha value is -3.49. The first-order valence-corrected chi connectivity index (χ1v) is 12.8. The molecule has 0 aliphatic carbocycles. The van der Waals surface area contributed by atoms with Crippen LogP contribution in [0.3, 0.4) is 0 Å². The third-order valence-electron chi connectivity index (χ3n) is 6.08. The van der Waals surface area contributed by atoms with E-state index in [9.17, 15) is 14.4 Å². The molecule has 0 radical (unpaired) electrons. The van der Waals surface area contributed by atoms with Crippen molar-refractivity contribution in [2.75, 3.05) is 11.5 Å². The zero-order valence-corrected chi connectivity index (χ0v) is 21.5. The lowest BCUT2D eigenvalue weighted by Gasteiger charge is -2.23. The number of halogens is 1. The average Bonchev–Trinajstić information content (AvgIpc) is 3.37. The number of carbonyl (C=O) groups is 2. The van der Waals surface area contributed by atoms with Crippen LogP contribution < -0.4 is 15.1 Å². The van der Waals surface area contributed by atoms with E-state index in [1.165, 1.54) is 11.8 Å². The van der Waals surface area contributed by atoms with E-state index in [0.29, 0.717) is 38.6 Å². The Morgan fingerprint density at radius 2 is 2.03 bits per heavy atom. The fourth-order valence-corrected chi connectivity index (χ4v) is 5.54. The maximum atomic E-state index is 13.8. The van der Waals surface area contributed by atoms with Crippen molar-refractivity contribution < 1.29 is 18.7 Å². The van der Waals surface area contributed by atoms with E-state index in [2.05, 4.69) is 11.9 Å². The number of nitrogens with zero attached hydrogens (tertiary/aromatic N) is 2. The van der Waals surface area contributed by atoms with Crippen LogP contribution in [0.5, 0.6) is 5.75 Å². The highest BCUT2D eigenvalue weighted by atomic mass is 35.5. The first kappa shape index (κ1) is 24.2. The molecule has 1 atom stereocenters. The molecule has 184 valence electrons. The number of amides is 1. The number of carbonyl (C=O) groups excluding carboxylic acids is 2. The van der Waals surface area contributed by atoms with E-state index in [1.807, 2.05) is 24.3 Å². The highest BCUT2D eigenvalue weighted by Crippen LogP contribution is 2.43. The van der Waals surface area contributed by atoms with Gasteiger partial charge in [0, 0.05) is 11.9 Å². The van der Waals surface area contributed by atoms with Gasteiger partial charge in [-0.15, -0.1) is 0 Å². The van der Waals surface area contributed by atoms with Gasteiger partial charge in [-0.25, -0.2) is 4.98 Å². The number of ketones is 1. The Morgan fingerprint density at radius 3 is 2.75 bits per heavy atom. The van der Waals surface area contributed by atoms with E-state index < -0.39 is 11.9 Å². The van der Waals surface area contributed by atoms with Crippen LogP contribution in [0.25, 0.3) is 11.0 Å². The second kappa shape index (κ2) is 9.52. The Kier molecular flexibility index (Phi) is 6.40. The minimum absolute atomic E-state index is 0.0469. The molecule has 9 heteroatoms. The molecule has 7 nitrogen and oxygen atoms in total. The van der Waals surface area contributed by atoms with Gasteiger partial charge in [0.05, 0.1) is 34.2 Å². The Morgan fingerprint density at radius 1 is 1.22 bits per heavy atom. The number of rotatable bonds is 7. The van der Waals surface area contributed by atoms with E-state index >= 15 is 0 Å². The molecule has 5 rings (SSSR count). The summed E-state index contributed by atoms with van der Waals surface area (Å²) in [6, 6.07) is 11.2. The summed E-state index contributed by atoms with van der Waals surface area (Å²) in [5.74, 6) is -0.0490. The second-order valence-corrected chi connectivity index (χ2v) is 10.0. The summed E-state index contributed by atoms with van der Waals surface area (Å²) in [6.45, 7) is 5.82. The van der Waals surface area contributed by atoms with Gasteiger partial charge in [-0.2, -0.15) is 0 Å². The SMILES string of the molecule is CCCCOc1cccc(C2c3c(oc4ccc(Cl)cc4c3=O)C(=O)N2c2nc(C)c(C(C)=O)s2)c1. The number of thiazole rings is 1. The molecular formula is C27H23ClN2O5S. The lowest BCUT2D eigenvalue weighted by molar-refractivity contribution is 0.0969. The molecule has 1 unspecified atom stereocenters. The van der Waals surface area contributed by atoms with E-state index in [1.54, 1.807) is 25.1 Å². The monoisotopic (exact) mass is 522 g/mol. The molecule has 0 bridgehead atoms.